The Morgan fingerprint density at radius 2 is 1.91 bits per heavy atom. The number of pyridine rings is 1. The van der Waals surface area contributed by atoms with E-state index in [9.17, 15) is 4.79 Å². The first-order chi connectivity index (χ1) is 10.9. The third kappa shape index (κ3) is 3.77. The van der Waals surface area contributed by atoms with Gasteiger partial charge in [0.1, 0.15) is 5.60 Å². The number of ether oxygens (including phenoxy) is 1. The molecule has 126 valence electrons. The molecule has 0 radical (unpaired) electrons. The summed E-state index contributed by atoms with van der Waals surface area (Å²) in [6, 6.07) is 4.12. The van der Waals surface area contributed by atoms with Crippen molar-refractivity contribution in [2.45, 2.75) is 45.6 Å². The van der Waals surface area contributed by atoms with E-state index in [2.05, 4.69) is 16.0 Å². The third-order valence-corrected chi connectivity index (χ3v) is 4.93. The SMILES string of the molecule is CC(C)(C)OC(=O)N1CCC2(CC1)CCN(c1cccnc1)C2. The van der Waals surface area contributed by atoms with Crippen molar-refractivity contribution in [2.24, 2.45) is 5.41 Å². The van der Waals surface area contributed by atoms with E-state index < -0.39 is 5.60 Å². The lowest BCUT2D eigenvalue weighted by Crippen LogP contribution is -2.46. The quantitative estimate of drug-likeness (QED) is 0.797. The smallest absolute Gasteiger partial charge is 0.410 e. The van der Waals surface area contributed by atoms with Crippen molar-refractivity contribution in [3.8, 4) is 0 Å². The predicted octanol–water partition coefficient (Wildman–Crippen LogP) is 3.31. The van der Waals surface area contributed by atoms with E-state index in [0.29, 0.717) is 5.41 Å². The highest BCUT2D eigenvalue weighted by molar-refractivity contribution is 5.68. The Balaban J connectivity index is 1.56. The van der Waals surface area contributed by atoms with Crippen molar-refractivity contribution in [1.29, 1.82) is 0 Å². The Labute approximate surface area is 138 Å². The molecule has 3 heterocycles. The van der Waals surface area contributed by atoms with Gasteiger partial charge in [-0.1, -0.05) is 0 Å². The average Bonchev–Trinajstić information content (AvgIpc) is 2.91. The molecule has 0 unspecified atom stereocenters. The van der Waals surface area contributed by atoms with E-state index in [1.165, 1.54) is 12.1 Å². The molecule has 5 heteroatoms. The topological polar surface area (TPSA) is 45.7 Å². The lowest BCUT2D eigenvalue weighted by Gasteiger charge is -2.39. The molecule has 0 bridgehead atoms. The first-order valence-corrected chi connectivity index (χ1v) is 8.50. The lowest BCUT2D eigenvalue weighted by molar-refractivity contribution is 0.0122. The Bertz CT molecular complexity index is 545. The van der Waals surface area contributed by atoms with Gasteiger partial charge < -0.3 is 14.5 Å². The molecule has 2 saturated heterocycles. The van der Waals surface area contributed by atoms with Crippen LogP contribution in [0, 0.1) is 5.41 Å². The molecule has 0 aromatic carbocycles. The number of anilines is 1. The number of amides is 1. The molecule has 3 rings (SSSR count). The van der Waals surface area contributed by atoms with Crippen LogP contribution in [0.3, 0.4) is 0 Å². The summed E-state index contributed by atoms with van der Waals surface area (Å²) in [5.41, 5.74) is 1.13. The van der Waals surface area contributed by atoms with Crippen molar-refractivity contribution in [2.75, 3.05) is 31.1 Å². The van der Waals surface area contributed by atoms with Crippen molar-refractivity contribution in [1.82, 2.24) is 9.88 Å². The van der Waals surface area contributed by atoms with Gasteiger partial charge in [0.25, 0.3) is 0 Å². The maximum Gasteiger partial charge on any atom is 0.410 e. The maximum absolute atomic E-state index is 12.2. The molecule has 5 nitrogen and oxygen atoms in total. The molecular weight excluding hydrogens is 290 g/mol. The molecule has 2 fully saturated rings. The number of hydrogen-bond donors (Lipinski definition) is 0. The molecule has 1 aromatic heterocycles. The lowest BCUT2D eigenvalue weighted by atomic mass is 9.78. The Morgan fingerprint density at radius 1 is 1.22 bits per heavy atom. The summed E-state index contributed by atoms with van der Waals surface area (Å²) in [5.74, 6) is 0. The number of likely N-dealkylation sites (tertiary alicyclic amines) is 1. The van der Waals surface area contributed by atoms with Gasteiger partial charge in [0.2, 0.25) is 0 Å². The molecule has 0 saturated carbocycles. The molecule has 0 N–H and O–H groups in total. The second-order valence-corrected chi connectivity index (χ2v) is 7.85. The molecule has 1 spiro atoms. The molecule has 1 aromatic rings. The number of piperidine rings is 1. The van der Waals surface area contributed by atoms with Crippen LogP contribution in [0.25, 0.3) is 0 Å². The van der Waals surface area contributed by atoms with Crippen LogP contribution in [-0.2, 0) is 4.74 Å². The van der Waals surface area contributed by atoms with E-state index in [0.717, 1.165) is 39.0 Å². The van der Waals surface area contributed by atoms with Crippen LogP contribution in [0.1, 0.15) is 40.0 Å². The van der Waals surface area contributed by atoms with E-state index in [-0.39, 0.29) is 6.09 Å². The van der Waals surface area contributed by atoms with Gasteiger partial charge in [0.05, 0.1) is 11.9 Å². The summed E-state index contributed by atoms with van der Waals surface area (Å²) < 4.78 is 5.49. The molecule has 0 aliphatic carbocycles. The van der Waals surface area contributed by atoms with E-state index in [1.807, 2.05) is 44.1 Å². The predicted molar refractivity (Wildman–Crippen MR) is 90.5 cm³/mol. The van der Waals surface area contributed by atoms with Crippen molar-refractivity contribution >= 4 is 11.8 Å². The van der Waals surface area contributed by atoms with Gasteiger partial charge in [-0.25, -0.2) is 4.79 Å². The minimum Gasteiger partial charge on any atom is -0.444 e. The molecule has 0 atom stereocenters. The van der Waals surface area contributed by atoms with Crippen LogP contribution >= 0.6 is 0 Å². The highest BCUT2D eigenvalue weighted by Gasteiger charge is 2.42. The molecule has 2 aliphatic rings. The van der Waals surface area contributed by atoms with Crippen molar-refractivity contribution < 1.29 is 9.53 Å². The Hall–Kier alpha value is -1.78. The summed E-state index contributed by atoms with van der Waals surface area (Å²) in [5, 5.41) is 0. The van der Waals surface area contributed by atoms with Gasteiger partial charge in [-0.2, -0.15) is 0 Å². The van der Waals surface area contributed by atoms with Gasteiger partial charge in [-0.05, 0) is 57.6 Å². The highest BCUT2D eigenvalue weighted by Crippen LogP contribution is 2.41. The van der Waals surface area contributed by atoms with Gasteiger partial charge in [0.15, 0.2) is 0 Å². The fourth-order valence-corrected chi connectivity index (χ4v) is 3.59. The second kappa shape index (κ2) is 6.02. The van der Waals surface area contributed by atoms with E-state index >= 15 is 0 Å². The van der Waals surface area contributed by atoms with Gasteiger partial charge in [-0.15, -0.1) is 0 Å². The largest absolute Gasteiger partial charge is 0.444 e. The summed E-state index contributed by atoms with van der Waals surface area (Å²) >= 11 is 0. The zero-order valence-electron chi connectivity index (χ0n) is 14.4. The van der Waals surface area contributed by atoms with Crippen LogP contribution in [0.4, 0.5) is 10.5 Å². The highest BCUT2D eigenvalue weighted by atomic mass is 16.6. The zero-order valence-corrected chi connectivity index (χ0v) is 14.4. The first kappa shape index (κ1) is 16.1. The Kier molecular flexibility index (Phi) is 4.21. The van der Waals surface area contributed by atoms with Crippen LogP contribution in [0.15, 0.2) is 24.5 Å². The molecule has 23 heavy (non-hydrogen) atoms. The third-order valence-electron chi connectivity index (χ3n) is 4.93. The zero-order chi connectivity index (χ0) is 16.5. The number of carbonyl (C=O) groups is 1. The van der Waals surface area contributed by atoms with Crippen molar-refractivity contribution in [3.05, 3.63) is 24.5 Å². The molecular formula is C18H27N3O2. The second-order valence-electron chi connectivity index (χ2n) is 7.85. The van der Waals surface area contributed by atoms with Gasteiger partial charge >= 0.3 is 6.09 Å². The number of carbonyl (C=O) groups excluding carboxylic acids is 1. The maximum atomic E-state index is 12.2. The van der Waals surface area contributed by atoms with Crippen LogP contribution in [-0.4, -0.2) is 47.8 Å². The number of hydrogen-bond acceptors (Lipinski definition) is 4. The number of aromatic nitrogens is 1. The van der Waals surface area contributed by atoms with Crippen LogP contribution in [0.2, 0.25) is 0 Å². The van der Waals surface area contributed by atoms with E-state index in [1.54, 1.807) is 0 Å². The van der Waals surface area contributed by atoms with Gasteiger partial charge in [0, 0.05) is 32.4 Å². The van der Waals surface area contributed by atoms with Crippen LogP contribution in [0.5, 0.6) is 0 Å². The summed E-state index contributed by atoms with van der Waals surface area (Å²) in [7, 11) is 0. The van der Waals surface area contributed by atoms with Crippen molar-refractivity contribution in [3.63, 3.8) is 0 Å². The minimum atomic E-state index is -0.420. The number of rotatable bonds is 1. The average molecular weight is 317 g/mol. The van der Waals surface area contributed by atoms with Gasteiger partial charge in [-0.3, -0.25) is 4.98 Å². The molecule has 2 aliphatic heterocycles. The fourth-order valence-electron chi connectivity index (χ4n) is 3.59. The fraction of sp³-hybridized carbons (Fsp3) is 0.667. The normalized spacial score (nSPS) is 20.8. The standard InChI is InChI=1S/C18H27N3O2/c1-17(2,3)23-16(22)20-10-6-18(7-11-20)8-12-21(14-18)15-5-4-9-19-13-15/h4-5,9,13H,6-8,10-12,14H2,1-3H3. The Morgan fingerprint density at radius 3 is 2.52 bits per heavy atom. The summed E-state index contributed by atoms with van der Waals surface area (Å²) in [6.07, 6.45) is 6.90. The molecule has 1 amide bonds. The summed E-state index contributed by atoms with van der Waals surface area (Å²) in [4.78, 5) is 20.7. The van der Waals surface area contributed by atoms with E-state index in [4.69, 9.17) is 4.74 Å². The number of nitrogens with zero attached hydrogens (tertiary/aromatic N) is 3. The van der Waals surface area contributed by atoms with Crippen LogP contribution < -0.4 is 4.90 Å². The summed E-state index contributed by atoms with van der Waals surface area (Å²) in [6.45, 7) is 9.50. The first-order valence-electron chi connectivity index (χ1n) is 8.50. The monoisotopic (exact) mass is 317 g/mol. The minimum absolute atomic E-state index is 0.172.